The maximum atomic E-state index is 11.2. The highest BCUT2D eigenvalue weighted by Gasteiger charge is 2.16. The normalized spacial score (nSPS) is 10.4. The van der Waals surface area contributed by atoms with E-state index in [1.165, 1.54) is 6.20 Å². The van der Waals surface area contributed by atoms with Crippen molar-refractivity contribution < 1.29 is 14.6 Å². The van der Waals surface area contributed by atoms with Gasteiger partial charge in [-0.25, -0.2) is 9.48 Å². The summed E-state index contributed by atoms with van der Waals surface area (Å²) in [6.07, 6.45) is 2.92. The maximum absolute atomic E-state index is 11.2. The van der Waals surface area contributed by atoms with E-state index in [9.17, 15) is 9.90 Å². The van der Waals surface area contributed by atoms with E-state index >= 15 is 0 Å². The van der Waals surface area contributed by atoms with Gasteiger partial charge in [-0.05, 0) is 18.6 Å². The molecule has 0 atom stereocenters. The van der Waals surface area contributed by atoms with Crippen molar-refractivity contribution in [2.75, 3.05) is 7.11 Å². The second kappa shape index (κ2) is 5.56. The van der Waals surface area contributed by atoms with Crippen LogP contribution in [0.1, 0.15) is 29.4 Å². The van der Waals surface area contributed by atoms with Crippen molar-refractivity contribution in [2.45, 2.75) is 19.8 Å². The minimum Gasteiger partial charge on any atom is -0.497 e. The molecule has 2 rings (SSSR count). The molecule has 0 radical (unpaired) electrons. The largest absolute Gasteiger partial charge is 0.497 e. The molecule has 1 aromatic heterocycles. The van der Waals surface area contributed by atoms with Crippen molar-refractivity contribution in [3.8, 4) is 11.4 Å². The second-order valence-electron chi connectivity index (χ2n) is 4.17. The molecule has 1 aromatic carbocycles. The summed E-state index contributed by atoms with van der Waals surface area (Å²) >= 11 is 0. The van der Waals surface area contributed by atoms with Gasteiger partial charge in [-0.2, -0.15) is 5.10 Å². The van der Waals surface area contributed by atoms with Crippen molar-refractivity contribution in [1.29, 1.82) is 0 Å². The van der Waals surface area contributed by atoms with Crippen LogP contribution in [0.2, 0.25) is 0 Å². The van der Waals surface area contributed by atoms with E-state index in [2.05, 4.69) is 5.10 Å². The quantitative estimate of drug-likeness (QED) is 0.897. The van der Waals surface area contributed by atoms with E-state index in [1.54, 1.807) is 11.8 Å². The summed E-state index contributed by atoms with van der Waals surface area (Å²) in [5, 5.41) is 13.4. The number of hydrogen-bond donors (Lipinski definition) is 1. The van der Waals surface area contributed by atoms with E-state index in [0.29, 0.717) is 17.9 Å². The van der Waals surface area contributed by atoms with Gasteiger partial charge >= 0.3 is 5.97 Å². The summed E-state index contributed by atoms with van der Waals surface area (Å²) in [5.41, 5.74) is 1.77. The highest BCUT2D eigenvalue weighted by Crippen LogP contribution is 2.20. The zero-order valence-electron chi connectivity index (χ0n) is 11.0. The predicted octanol–water partition coefficient (Wildman–Crippen LogP) is 2.53. The fourth-order valence-corrected chi connectivity index (χ4v) is 1.99. The van der Waals surface area contributed by atoms with Gasteiger partial charge in [-0.3, -0.25) is 0 Å². The average molecular weight is 260 g/mol. The molecule has 100 valence electrons. The molecule has 1 heterocycles. The van der Waals surface area contributed by atoms with Crippen LogP contribution in [0.5, 0.6) is 5.75 Å². The maximum Gasteiger partial charge on any atom is 0.339 e. The third-order valence-corrected chi connectivity index (χ3v) is 2.88. The summed E-state index contributed by atoms with van der Waals surface area (Å²) in [7, 11) is 1.60. The third-order valence-electron chi connectivity index (χ3n) is 2.88. The predicted molar refractivity (Wildman–Crippen MR) is 71.1 cm³/mol. The lowest BCUT2D eigenvalue weighted by atomic mass is 10.1. The number of carboxylic acid groups (broad SMARTS) is 1. The first-order valence-corrected chi connectivity index (χ1v) is 6.12. The van der Waals surface area contributed by atoms with Gasteiger partial charge in [0.1, 0.15) is 11.3 Å². The van der Waals surface area contributed by atoms with Crippen LogP contribution in [-0.2, 0) is 6.42 Å². The fourth-order valence-electron chi connectivity index (χ4n) is 1.99. The smallest absolute Gasteiger partial charge is 0.339 e. The van der Waals surface area contributed by atoms with Gasteiger partial charge < -0.3 is 9.84 Å². The monoisotopic (exact) mass is 260 g/mol. The van der Waals surface area contributed by atoms with Gasteiger partial charge in [0, 0.05) is 6.07 Å². The van der Waals surface area contributed by atoms with Crippen LogP contribution in [0.3, 0.4) is 0 Å². The topological polar surface area (TPSA) is 64.3 Å². The van der Waals surface area contributed by atoms with E-state index < -0.39 is 5.97 Å². The van der Waals surface area contributed by atoms with E-state index in [0.717, 1.165) is 12.1 Å². The molecule has 0 spiro atoms. The van der Waals surface area contributed by atoms with Crippen molar-refractivity contribution in [1.82, 2.24) is 9.78 Å². The van der Waals surface area contributed by atoms with Crippen LogP contribution >= 0.6 is 0 Å². The lowest BCUT2D eigenvalue weighted by molar-refractivity contribution is 0.0695. The van der Waals surface area contributed by atoms with Gasteiger partial charge in [-0.1, -0.05) is 19.4 Å². The molecule has 0 fully saturated rings. The molecule has 5 heteroatoms. The highest BCUT2D eigenvalue weighted by molar-refractivity contribution is 5.88. The Labute approximate surface area is 111 Å². The number of aromatic carboxylic acids is 1. The Kier molecular flexibility index (Phi) is 3.85. The highest BCUT2D eigenvalue weighted by atomic mass is 16.5. The minimum absolute atomic E-state index is 0.254. The van der Waals surface area contributed by atoms with E-state index in [-0.39, 0.29) is 5.56 Å². The van der Waals surface area contributed by atoms with Crippen molar-refractivity contribution >= 4 is 5.97 Å². The molecule has 0 saturated heterocycles. The first-order chi connectivity index (χ1) is 9.17. The summed E-state index contributed by atoms with van der Waals surface area (Å²) in [6, 6.07) is 7.40. The number of ether oxygens (including phenoxy) is 1. The number of carboxylic acids is 1. The number of hydrogen-bond acceptors (Lipinski definition) is 3. The van der Waals surface area contributed by atoms with Crippen LogP contribution in [0, 0.1) is 0 Å². The Balaban J connectivity index is 2.51. The van der Waals surface area contributed by atoms with Crippen molar-refractivity contribution in [3.05, 3.63) is 41.7 Å². The second-order valence-corrected chi connectivity index (χ2v) is 4.17. The summed E-state index contributed by atoms with van der Waals surface area (Å²) < 4.78 is 6.84. The molecule has 19 heavy (non-hydrogen) atoms. The molecule has 1 N–H and O–H groups in total. The molecular weight excluding hydrogens is 244 g/mol. The van der Waals surface area contributed by atoms with Crippen molar-refractivity contribution in [3.63, 3.8) is 0 Å². The Morgan fingerprint density at radius 1 is 1.47 bits per heavy atom. The molecule has 0 aliphatic carbocycles. The molecular formula is C14H16N2O3. The number of rotatable bonds is 5. The van der Waals surface area contributed by atoms with E-state index in [4.69, 9.17) is 4.74 Å². The van der Waals surface area contributed by atoms with Crippen LogP contribution in [0.25, 0.3) is 5.69 Å². The van der Waals surface area contributed by atoms with Crippen LogP contribution in [0.15, 0.2) is 30.5 Å². The Bertz CT molecular complexity index is 590. The zero-order valence-corrected chi connectivity index (χ0v) is 11.0. The number of nitrogens with zero attached hydrogens (tertiary/aromatic N) is 2. The van der Waals surface area contributed by atoms with Gasteiger partial charge in [0.25, 0.3) is 0 Å². The van der Waals surface area contributed by atoms with Crippen molar-refractivity contribution in [2.24, 2.45) is 0 Å². The third kappa shape index (κ3) is 2.59. The van der Waals surface area contributed by atoms with Gasteiger partial charge in [0.15, 0.2) is 0 Å². The lowest BCUT2D eigenvalue weighted by Crippen LogP contribution is -2.06. The van der Waals surface area contributed by atoms with Gasteiger partial charge in [0.2, 0.25) is 0 Å². The van der Waals surface area contributed by atoms with Gasteiger partial charge in [0.05, 0.1) is 24.7 Å². The zero-order chi connectivity index (χ0) is 13.8. The standard InChI is InChI=1S/C14H16N2O3/c1-3-5-13-12(14(17)18)9-15-16(13)10-6-4-7-11(8-10)19-2/h4,6-9H,3,5H2,1-2H3,(H,17,18). The SMILES string of the molecule is CCCc1c(C(=O)O)cnn1-c1cccc(OC)c1. The molecule has 0 bridgehead atoms. The molecule has 0 amide bonds. The summed E-state index contributed by atoms with van der Waals surface area (Å²) in [5.74, 6) is -0.232. The molecule has 0 unspecified atom stereocenters. The Morgan fingerprint density at radius 2 is 2.26 bits per heavy atom. The fraction of sp³-hybridized carbons (Fsp3) is 0.286. The first-order valence-electron chi connectivity index (χ1n) is 6.12. The molecule has 0 aliphatic rings. The van der Waals surface area contributed by atoms with Crippen LogP contribution in [0.4, 0.5) is 0 Å². The molecule has 2 aromatic rings. The minimum atomic E-state index is -0.947. The first kappa shape index (κ1) is 13.1. The van der Waals surface area contributed by atoms with Gasteiger partial charge in [-0.15, -0.1) is 0 Å². The Morgan fingerprint density at radius 3 is 2.89 bits per heavy atom. The number of carbonyl (C=O) groups is 1. The molecule has 0 saturated carbocycles. The summed E-state index contributed by atoms with van der Waals surface area (Å²) in [6.45, 7) is 2.01. The number of aromatic nitrogens is 2. The van der Waals surface area contributed by atoms with E-state index in [1.807, 2.05) is 31.2 Å². The average Bonchev–Trinajstić information content (AvgIpc) is 2.83. The number of methoxy groups -OCH3 is 1. The molecule has 0 aliphatic heterocycles. The number of benzene rings is 1. The summed E-state index contributed by atoms with van der Waals surface area (Å²) in [4.78, 5) is 11.2. The van der Waals surface area contributed by atoms with Crippen LogP contribution < -0.4 is 4.74 Å². The Hall–Kier alpha value is -2.30. The lowest BCUT2D eigenvalue weighted by Gasteiger charge is -2.09. The van der Waals surface area contributed by atoms with Crippen LogP contribution in [-0.4, -0.2) is 28.0 Å². The molecule has 5 nitrogen and oxygen atoms in total.